The molecule has 3 N–H and O–H groups in total. The van der Waals surface area contributed by atoms with Crippen LogP contribution in [0.2, 0.25) is 0 Å². The van der Waals surface area contributed by atoms with Crippen molar-refractivity contribution in [3.05, 3.63) is 17.7 Å². The average molecular weight is 336 g/mol. The fraction of sp³-hybridized carbons (Fsp3) is 0.611. The summed E-state index contributed by atoms with van der Waals surface area (Å²) in [6.45, 7) is 2.28. The van der Waals surface area contributed by atoms with E-state index in [-0.39, 0.29) is 11.8 Å². The van der Waals surface area contributed by atoms with Crippen LogP contribution in [0.5, 0.6) is 17.2 Å². The highest BCUT2D eigenvalue weighted by molar-refractivity contribution is 5.80. The van der Waals surface area contributed by atoms with Gasteiger partial charge in [0.1, 0.15) is 17.2 Å². The second kappa shape index (κ2) is 7.75. The van der Waals surface area contributed by atoms with Crippen molar-refractivity contribution in [3.8, 4) is 17.2 Å². The quantitative estimate of drug-likeness (QED) is 0.832. The molecule has 1 aliphatic carbocycles. The van der Waals surface area contributed by atoms with Crippen LogP contribution in [0.25, 0.3) is 0 Å². The van der Waals surface area contributed by atoms with E-state index in [0.29, 0.717) is 23.8 Å². The molecule has 1 aromatic carbocycles. The van der Waals surface area contributed by atoms with Gasteiger partial charge in [0.25, 0.3) is 0 Å². The smallest absolute Gasteiger partial charge is 0.225 e. The molecule has 0 aliphatic heterocycles. The van der Waals surface area contributed by atoms with Gasteiger partial charge in [-0.25, -0.2) is 0 Å². The van der Waals surface area contributed by atoms with Crippen LogP contribution in [0.15, 0.2) is 12.1 Å². The van der Waals surface area contributed by atoms with E-state index in [1.807, 2.05) is 6.92 Å². The van der Waals surface area contributed by atoms with Gasteiger partial charge >= 0.3 is 0 Å². The van der Waals surface area contributed by atoms with Crippen LogP contribution in [0.1, 0.15) is 38.2 Å². The normalized spacial score (nSPS) is 23.5. The van der Waals surface area contributed by atoms with E-state index in [1.54, 1.807) is 33.5 Å². The zero-order valence-corrected chi connectivity index (χ0v) is 15.0. The lowest BCUT2D eigenvalue weighted by molar-refractivity contribution is -0.128. The van der Waals surface area contributed by atoms with Crippen LogP contribution in [0.3, 0.4) is 0 Å². The molecule has 0 bridgehead atoms. The van der Waals surface area contributed by atoms with E-state index >= 15 is 0 Å². The van der Waals surface area contributed by atoms with Gasteiger partial charge in [-0.2, -0.15) is 0 Å². The van der Waals surface area contributed by atoms with Crippen molar-refractivity contribution >= 4 is 5.91 Å². The third-order valence-electron chi connectivity index (χ3n) is 4.83. The van der Waals surface area contributed by atoms with Crippen LogP contribution in [-0.2, 0) is 11.3 Å². The molecule has 1 fully saturated rings. The Hall–Kier alpha value is -1.95. The summed E-state index contributed by atoms with van der Waals surface area (Å²) >= 11 is 0. The van der Waals surface area contributed by atoms with Gasteiger partial charge in [-0.3, -0.25) is 4.79 Å². The van der Waals surface area contributed by atoms with Crippen molar-refractivity contribution in [3.63, 3.8) is 0 Å². The van der Waals surface area contributed by atoms with Crippen molar-refractivity contribution in [2.45, 2.75) is 44.7 Å². The number of hydrogen-bond acceptors (Lipinski definition) is 5. The molecule has 6 heteroatoms. The maximum Gasteiger partial charge on any atom is 0.225 e. The summed E-state index contributed by atoms with van der Waals surface area (Å²) in [4.78, 5) is 12.6. The summed E-state index contributed by atoms with van der Waals surface area (Å²) < 4.78 is 16.1. The van der Waals surface area contributed by atoms with Crippen LogP contribution in [0, 0.1) is 5.92 Å². The van der Waals surface area contributed by atoms with Crippen LogP contribution < -0.4 is 25.3 Å². The first kappa shape index (κ1) is 18.4. The monoisotopic (exact) mass is 336 g/mol. The highest BCUT2D eigenvalue weighted by Gasteiger charge is 2.37. The average Bonchev–Trinajstić information content (AvgIpc) is 2.58. The van der Waals surface area contributed by atoms with E-state index in [9.17, 15) is 4.79 Å². The molecule has 24 heavy (non-hydrogen) atoms. The van der Waals surface area contributed by atoms with Gasteiger partial charge in [0.05, 0.1) is 39.4 Å². The molecule has 1 saturated carbocycles. The Labute approximate surface area is 143 Å². The van der Waals surface area contributed by atoms with E-state index in [0.717, 1.165) is 31.2 Å². The van der Waals surface area contributed by atoms with E-state index in [1.165, 1.54) is 0 Å². The summed E-state index contributed by atoms with van der Waals surface area (Å²) in [6.07, 6.45) is 3.83. The fourth-order valence-corrected chi connectivity index (χ4v) is 3.34. The van der Waals surface area contributed by atoms with Gasteiger partial charge in [-0.05, 0) is 19.8 Å². The minimum atomic E-state index is -0.448. The second-order valence-electron chi connectivity index (χ2n) is 6.53. The summed E-state index contributed by atoms with van der Waals surface area (Å²) in [5.74, 6) is 1.69. The molecule has 1 aliphatic rings. The highest BCUT2D eigenvalue weighted by atomic mass is 16.5. The number of nitrogens with one attached hydrogen (secondary N) is 1. The van der Waals surface area contributed by atoms with Gasteiger partial charge in [0, 0.05) is 17.7 Å². The van der Waals surface area contributed by atoms with Gasteiger partial charge in [0.2, 0.25) is 5.91 Å². The molecule has 0 spiro atoms. The SMILES string of the molecule is COc1cc(OC)c(CNC(=O)C2CCCCC2(C)N)c(OC)c1. The molecule has 0 aromatic heterocycles. The Kier molecular flexibility index (Phi) is 5.94. The fourth-order valence-electron chi connectivity index (χ4n) is 3.34. The third-order valence-corrected chi connectivity index (χ3v) is 4.83. The number of hydrogen-bond donors (Lipinski definition) is 2. The zero-order valence-electron chi connectivity index (χ0n) is 15.0. The van der Waals surface area contributed by atoms with Gasteiger partial charge in [0.15, 0.2) is 0 Å². The molecule has 0 saturated heterocycles. The molecule has 2 rings (SSSR count). The molecule has 2 unspecified atom stereocenters. The molecule has 2 atom stereocenters. The Balaban J connectivity index is 2.14. The topological polar surface area (TPSA) is 82.8 Å². The van der Waals surface area contributed by atoms with E-state index in [2.05, 4.69) is 5.32 Å². The number of amides is 1. The first-order chi connectivity index (χ1) is 11.4. The summed E-state index contributed by atoms with van der Waals surface area (Å²) in [6, 6.07) is 3.55. The minimum absolute atomic E-state index is 0.0142. The number of nitrogens with two attached hydrogens (primary N) is 1. The zero-order chi connectivity index (χ0) is 17.7. The van der Waals surface area contributed by atoms with Gasteiger partial charge in [-0.1, -0.05) is 12.8 Å². The molecule has 1 aromatic rings. The molecule has 0 heterocycles. The molecule has 134 valence electrons. The largest absolute Gasteiger partial charge is 0.496 e. The number of benzene rings is 1. The summed E-state index contributed by atoms with van der Waals surface area (Å²) in [7, 11) is 4.75. The lowest BCUT2D eigenvalue weighted by atomic mass is 9.74. The minimum Gasteiger partial charge on any atom is -0.496 e. The summed E-state index contributed by atoms with van der Waals surface area (Å²) in [5, 5.41) is 2.99. The molecule has 0 radical (unpaired) electrons. The first-order valence-electron chi connectivity index (χ1n) is 8.28. The van der Waals surface area contributed by atoms with Crippen molar-refractivity contribution in [1.29, 1.82) is 0 Å². The number of ether oxygens (including phenoxy) is 3. The third kappa shape index (κ3) is 3.93. The van der Waals surface area contributed by atoms with Gasteiger partial charge in [-0.15, -0.1) is 0 Å². The Bertz CT molecular complexity index is 561. The predicted molar refractivity (Wildman–Crippen MR) is 92.5 cm³/mol. The molecule has 6 nitrogen and oxygen atoms in total. The van der Waals surface area contributed by atoms with Crippen molar-refractivity contribution in [2.75, 3.05) is 21.3 Å². The lowest BCUT2D eigenvalue weighted by Crippen LogP contribution is -2.52. The molecule has 1 amide bonds. The first-order valence-corrected chi connectivity index (χ1v) is 8.28. The Morgan fingerprint density at radius 2 is 1.83 bits per heavy atom. The van der Waals surface area contributed by atoms with Crippen LogP contribution in [0.4, 0.5) is 0 Å². The highest BCUT2D eigenvalue weighted by Crippen LogP contribution is 2.35. The number of carbonyl (C=O) groups excluding carboxylic acids is 1. The predicted octanol–water partition coefficient (Wildman–Crippen LogP) is 2.24. The van der Waals surface area contributed by atoms with Crippen LogP contribution in [-0.4, -0.2) is 32.8 Å². The van der Waals surface area contributed by atoms with Gasteiger partial charge < -0.3 is 25.3 Å². The number of carbonyl (C=O) groups is 1. The summed E-state index contributed by atoms with van der Waals surface area (Å²) in [5.41, 5.74) is 6.65. The van der Waals surface area contributed by atoms with Crippen LogP contribution >= 0.6 is 0 Å². The molecular formula is C18H28N2O4. The van der Waals surface area contributed by atoms with Crippen molar-refractivity contribution < 1.29 is 19.0 Å². The standard InChI is InChI=1S/C18H28N2O4/c1-18(19)8-6-5-7-14(18)17(21)20-11-13-15(23-3)9-12(22-2)10-16(13)24-4/h9-10,14H,5-8,11,19H2,1-4H3,(H,20,21). The van der Waals surface area contributed by atoms with E-state index < -0.39 is 5.54 Å². The van der Waals surface area contributed by atoms with Crippen molar-refractivity contribution in [1.82, 2.24) is 5.32 Å². The number of methoxy groups -OCH3 is 3. The maximum absolute atomic E-state index is 12.6. The Morgan fingerprint density at radius 1 is 1.21 bits per heavy atom. The molecular weight excluding hydrogens is 308 g/mol. The van der Waals surface area contributed by atoms with Crippen molar-refractivity contribution in [2.24, 2.45) is 11.7 Å². The Morgan fingerprint density at radius 3 is 2.33 bits per heavy atom. The second-order valence-corrected chi connectivity index (χ2v) is 6.53. The maximum atomic E-state index is 12.6. The lowest BCUT2D eigenvalue weighted by Gasteiger charge is -2.37. The number of rotatable bonds is 6. The van der Waals surface area contributed by atoms with E-state index in [4.69, 9.17) is 19.9 Å².